The number of nitrogens with one attached hydrogen (secondary N) is 2. The van der Waals surface area contributed by atoms with Gasteiger partial charge in [0, 0.05) is 45.2 Å². The van der Waals surface area contributed by atoms with Gasteiger partial charge in [-0.1, -0.05) is 0 Å². The summed E-state index contributed by atoms with van der Waals surface area (Å²) in [5.74, 6) is -0.994. The van der Waals surface area contributed by atoms with Crippen LogP contribution >= 0.6 is 0 Å². The van der Waals surface area contributed by atoms with E-state index in [1.165, 1.54) is 12.8 Å². The van der Waals surface area contributed by atoms with Gasteiger partial charge >= 0.3 is 12.0 Å². The average molecular weight is 285 g/mol. The summed E-state index contributed by atoms with van der Waals surface area (Å²) in [5, 5.41) is 14.7. The molecule has 0 aromatic carbocycles. The molecule has 0 bridgehead atoms. The van der Waals surface area contributed by atoms with E-state index in [0.717, 1.165) is 6.54 Å². The van der Waals surface area contributed by atoms with E-state index in [4.69, 9.17) is 4.74 Å². The molecule has 2 fully saturated rings. The largest absolute Gasteiger partial charge is 0.480 e. The molecule has 0 aromatic rings. The molecule has 20 heavy (non-hydrogen) atoms. The summed E-state index contributed by atoms with van der Waals surface area (Å²) < 4.78 is 5.16. The third-order valence-electron chi connectivity index (χ3n) is 4.03. The molecule has 1 saturated heterocycles. The SMILES string of the molecule is CN(CCNC(=O)NC1(C(=O)O)CCOCC1)C1CC1. The van der Waals surface area contributed by atoms with Crippen molar-refractivity contribution in [1.82, 2.24) is 15.5 Å². The number of carboxylic acid groups (broad SMARTS) is 1. The molecule has 7 heteroatoms. The Labute approximate surface area is 118 Å². The van der Waals surface area contributed by atoms with Crippen molar-refractivity contribution in [2.24, 2.45) is 0 Å². The van der Waals surface area contributed by atoms with Crippen LogP contribution in [0.2, 0.25) is 0 Å². The Balaban J connectivity index is 1.74. The van der Waals surface area contributed by atoms with Crippen LogP contribution in [0.1, 0.15) is 25.7 Å². The first-order valence-electron chi connectivity index (χ1n) is 7.11. The highest BCUT2D eigenvalue weighted by molar-refractivity contribution is 5.86. The molecule has 1 saturated carbocycles. The maximum atomic E-state index is 11.8. The number of ether oxygens (including phenoxy) is 1. The number of hydrogen-bond donors (Lipinski definition) is 3. The minimum Gasteiger partial charge on any atom is -0.480 e. The summed E-state index contributed by atoms with van der Waals surface area (Å²) >= 11 is 0. The van der Waals surface area contributed by atoms with Gasteiger partial charge in [0.05, 0.1) is 0 Å². The van der Waals surface area contributed by atoms with E-state index in [1.807, 2.05) is 7.05 Å². The number of carboxylic acids is 1. The molecule has 0 aromatic heterocycles. The summed E-state index contributed by atoms with van der Waals surface area (Å²) in [6, 6.07) is 0.235. The molecule has 2 aliphatic rings. The van der Waals surface area contributed by atoms with E-state index >= 15 is 0 Å². The van der Waals surface area contributed by atoms with Gasteiger partial charge in [-0.3, -0.25) is 0 Å². The van der Waals surface area contributed by atoms with E-state index in [0.29, 0.717) is 38.6 Å². The van der Waals surface area contributed by atoms with Crippen LogP contribution in [0.3, 0.4) is 0 Å². The Kier molecular flexibility index (Phi) is 4.82. The second kappa shape index (κ2) is 6.41. The number of aliphatic carboxylic acids is 1. The van der Waals surface area contributed by atoms with Gasteiger partial charge in [-0.05, 0) is 19.9 Å². The van der Waals surface area contributed by atoms with Crippen molar-refractivity contribution in [3.63, 3.8) is 0 Å². The quantitative estimate of drug-likeness (QED) is 0.640. The molecule has 3 N–H and O–H groups in total. The highest BCUT2D eigenvalue weighted by Gasteiger charge is 2.41. The normalized spacial score (nSPS) is 21.5. The molecule has 0 unspecified atom stereocenters. The highest BCUT2D eigenvalue weighted by Crippen LogP contribution is 2.24. The number of carbonyl (C=O) groups excluding carboxylic acids is 1. The molecule has 2 rings (SSSR count). The minimum atomic E-state index is -1.19. The van der Waals surface area contributed by atoms with Gasteiger partial charge in [0.15, 0.2) is 0 Å². The van der Waals surface area contributed by atoms with Crippen molar-refractivity contribution in [2.45, 2.75) is 37.3 Å². The second-order valence-corrected chi connectivity index (χ2v) is 5.59. The minimum absolute atomic E-state index is 0.303. The standard InChI is InChI=1S/C13H23N3O4/c1-16(10-2-3-10)7-6-14-12(19)15-13(11(17)18)4-8-20-9-5-13/h10H,2-9H2,1H3,(H,17,18)(H2,14,15,19). The fourth-order valence-corrected chi connectivity index (χ4v) is 2.42. The summed E-state index contributed by atoms with van der Waals surface area (Å²) in [6.45, 7) is 2.01. The predicted octanol–water partition coefficient (Wildman–Crippen LogP) is 0.0136. The molecular formula is C13H23N3O4. The summed E-state index contributed by atoms with van der Waals surface area (Å²) in [7, 11) is 2.04. The lowest BCUT2D eigenvalue weighted by molar-refractivity contribution is -0.148. The van der Waals surface area contributed by atoms with E-state index in [1.54, 1.807) is 0 Å². The average Bonchev–Trinajstić information content (AvgIpc) is 3.23. The third-order valence-corrected chi connectivity index (χ3v) is 4.03. The van der Waals surface area contributed by atoms with E-state index < -0.39 is 17.5 Å². The summed E-state index contributed by atoms with van der Waals surface area (Å²) in [5.41, 5.74) is -1.19. The van der Waals surface area contributed by atoms with Crippen LogP contribution in [-0.4, -0.2) is 66.9 Å². The Hall–Kier alpha value is -1.34. The Morgan fingerprint density at radius 3 is 2.55 bits per heavy atom. The van der Waals surface area contributed by atoms with Crippen LogP contribution in [0.25, 0.3) is 0 Å². The van der Waals surface area contributed by atoms with Crippen molar-refractivity contribution < 1.29 is 19.4 Å². The van der Waals surface area contributed by atoms with E-state index in [2.05, 4.69) is 15.5 Å². The van der Waals surface area contributed by atoms with Crippen LogP contribution in [0.4, 0.5) is 4.79 Å². The molecule has 7 nitrogen and oxygen atoms in total. The van der Waals surface area contributed by atoms with E-state index in [9.17, 15) is 14.7 Å². The van der Waals surface area contributed by atoms with Crippen LogP contribution < -0.4 is 10.6 Å². The lowest BCUT2D eigenvalue weighted by Crippen LogP contribution is -2.60. The van der Waals surface area contributed by atoms with Crippen molar-refractivity contribution in [1.29, 1.82) is 0 Å². The first kappa shape index (κ1) is 15.1. The zero-order valence-corrected chi connectivity index (χ0v) is 11.9. The monoisotopic (exact) mass is 285 g/mol. The predicted molar refractivity (Wildman–Crippen MR) is 72.6 cm³/mol. The van der Waals surface area contributed by atoms with Crippen molar-refractivity contribution >= 4 is 12.0 Å². The molecule has 114 valence electrons. The maximum absolute atomic E-state index is 11.8. The topological polar surface area (TPSA) is 90.9 Å². The van der Waals surface area contributed by atoms with Crippen LogP contribution in [0.15, 0.2) is 0 Å². The van der Waals surface area contributed by atoms with Gasteiger partial charge in [0.1, 0.15) is 5.54 Å². The number of urea groups is 1. The van der Waals surface area contributed by atoms with Gasteiger partial charge in [-0.2, -0.15) is 0 Å². The maximum Gasteiger partial charge on any atom is 0.329 e. The Morgan fingerprint density at radius 1 is 1.35 bits per heavy atom. The van der Waals surface area contributed by atoms with Gasteiger partial charge in [-0.15, -0.1) is 0 Å². The molecule has 1 heterocycles. The summed E-state index contributed by atoms with van der Waals surface area (Å²) in [6.07, 6.45) is 3.06. The number of hydrogen-bond acceptors (Lipinski definition) is 4. The van der Waals surface area contributed by atoms with Crippen molar-refractivity contribution in [3.8, 4) is 0 Å². The van der Waals surface area contributed by atoms with Gasteiger partial charge in [-0.25, -0.2) is 9.59 Å². The molecule has 0 radical (unpaired) electrons. The molecule has 2 amide bonds. The highest BCUT2D eigenvalue weighted by atomic mass is 16.5. The molecule has 1 aliphatic carbocycles. The molecular weight excluding hydrogens is 262 g/mol. The number of rotatable bonds is 6. The van der Waals surface area contributed by atoms with Crippen LogP contribution in [0, 0.1) is 0 Å². The van der Waals surface area contributed by atoms with Gasteiger partial charge in [0.25, 0.3) is 0 Å². The van der Waals surface area contributed by atoms with Crippen molar-refractivity contribution in [3.05, 3.63) is 0 Å². The zero-order chi connectivity index (χ0) is 14.6. The fraction of sp³-hybridized carbons (Fsp3) is 0.846. The third kappa shape index (κ3) is 3.83. The van der Waals surface area contributed by atoms with E-state index in [-0.39, 0.29) is 0 Å². The van der Waals surface area contributed by atoms with Crippen LogP contribution in [-0.2, 0) is 9.53 Å². The number of amides is 2. The first-order valence-corrected chi connectivity index (χ1v) is 7.11. The fourth-order valence-electron chi connectivity index (χ4n) is 2.42. The molecule has 0 atom stereocenters. The summed E-state index contributed by atoms with van der Waals surface area (Å²) in [4.78, 5) is 25.4. The van der Waals surface area contributed by atoms with Gasteiger partial charge < -0.3 is 25.4 Å². The lowest BCUT2D eigenvalue weighted by atomic mass is 9.90. The molecule has 1 aliphatic heterocycles. The van der Waals surface area contributed by atoms with Crippen LogP contribution in [0.5, 0.6) is 0 Å². The number of carbonyl (C=O) groups is 2. The Morgan fingerprint density at radius 2 is 2.00 bits per heavy atom. The lowest BCUT2D eigenvalue weighted by Gasteiger charge is -2.33. The first-order chi connectivity index (χ1) is 9.53. The van der Waals surface area contributed by atoms with Crippen molar-refractivity contribution in [2.75, 3.05) is 33.4 Å². The number of nitrogens with zero attached hydrogens (tertiary/aromatic N) is 1. The second-order valence-electron chi connectivity index (χ2n) is 5.59. The van der Waals surface area contributed by atoms with Gasteiger partial charge in [0.2, 0.25) is 0 Å². The number of likely N-dealkylation sites (N-methyl/N-ethyl adjacent to an activating group) is 1. The smallest absolute Gasteiger partial charge is 0.329 e. The molecule has 0 spiro atoms. The Bertz CT molecular complexity index is 365. The zero-order valence-electron chi connectivity index (χ0n) is 11.9.